The highest BCUT2D eigenvalue weighted by Crippen LogP contribution is 2.19. The lowest BCUT2D eigenvalue weighted by atomic mass is 10.2. The maximum Gasteiger partial charge on any atom is 0.246 e. The van der Waals surface area contributed by atoms with Gasteiger partial charge in [0.25, 0.3) is 0 Å². The highest BCUT2D eigenvalue weighted by atomic mass is 35.5. The average Bonchev–Trinajstić information content (AvgIpc) is 2.73. The summed E-state index contributed by atoms with van der Waals surface area (Å²) < 4.78 is 27.0. The zero-order valence-corrected chi connectivity index (χ0v) is 17.5. The van der Waals surface area contributed by atoms with Crippen molar-refractivity contribution >= 4 is 39.4 Å². The third kappa shape index (κ3) is 5.12. The van der Waals surface area contributed by atoms with Gasteiger partial charge < -0.3 is 4.90 Å². The average molecular weight is 433 g/mol. The summed E-state index contributed by atoms with van der Waals surface area (Å²) in [6.45, 7) is 2.50. The van der Waals surface area contributed by atoms with E-state index in [-0.39, 0.29) is 29.7 Å². The van der Waals surface area contributed by atoms with Crippen LogP contribution in [0.15, 0.2) is 59.5 Å². The second kappa shape index (κ2) is 8.90. The molecule has 1 saturated heterocycles. The predicted octanol–water partition coefficient (Wildman–Crippen LogP) is 3.09. The molecule has 1 fully saturated rings. The number of nitrogens with zero attached hydrogens (tertiary/aromatic N) is 2. The van der Waals surface area contributed by atoms with Crippen molar-refractivity contribution in [3.8, 4) is 0 Å². The van der Waals surface area contributed by atoms with E-state index in [2.05, 4.69) is 0 Å². The molecule has 0 bridgehead atoms. The number of hydrogen-bond acceptors (Lipinski definition) is 4. The summed E-state index contributed by atoms with van der Waals surface area (Å²) in [7, 11) is -3.66. The molecule has 2 aromatic rings. The van der Waals surface area contributed by atoms with Crippen LogP contribution >= 0.6 is 11.6 Å². The Balaban J connectivity index is 1.61. The molecule has 1 aliphatic rings. The maximum absolute atomic E-state index is 12.8. The van der Waals surface area contributed by atoms with Crippen molar-refractivity contribution in [1.82, 2.24) is 9.21 Å². The van der Waals surface area contributed by atoms with Gasteiger partial charge in [-0.05, 0) is 42.8 Å². The van der Waals surface area contributed by atoms with Crippen LogP contribution in [0.5, 0.6) is 0 Å². The number of ketones is 1. The highest BCUT2D eigenvalue weighted by molar-refractivity contribution is 7.89. The minimum Gasteiger partial charge on any atom is -0.337 e. The van der Waals surface area contributed by atoms with Crippen molar-refractivity contribution in [2.24, 2.45) is 0 Å². The van der Waals surface area contributed by atoms with Gasteiger partial charge in [0.15, 0.2) is 5.78 Å². The summed E-state index contributed by atoms with van der Waals surface area (Å²) in [5.74, 6) is -0.282. The molecular weight excluding hydrogens is 412 g/mol. The molecule has 152 valence electrons. The molecule has 8 heteroatoms. The fourth-order valence-corrected chi connectivity index (χ4v) is 4.55. The fraction of sp³-hybridized carbons (Fsp3) is 0.238. The van der Waals surface area contributed by atoms with E-state index >= 15 is 0 Å². The number of hydrogen-bond donors (Lipinski definition) is 0. The molecule has 0 atom stereocenters. The van der Waals surface area contributed by atoms with E-state index in [0.717, 1.165) is 5.56 Å². The minimum atomic E-state index is -3.66. The number of carbonyl (C=O) groups is 2. The molecule has 0 N–H and O–H groups in total. The molecule has 0 spiro atoms. The monoisotopic (exact) mass is 432 g/mol. The lowest BCUT2D eigenvalue weighted by molar-refractivity contribution is -0.127. The summed E-state index contributed by atoms with van der Waals surface area (Å²) in [6, 6.07) is 13.0. The van der Waals surface area contributed by atoms with Crippen LogP contribution in [0.2, 0.25) is 5.02 Å². The summed E-state index contributed by atoms with van der Waals surface area (Å²) >= 11 is 5.84. The largest absolute Gasteiger partial charge is 0.337 e. The van der Waals surface area contributed by atoms with Crippen LogP contribution in [0.4, 0.5) is 0 Å². The Hall–Kier alpha value is -2.48. The van der Waals surface area contributed by atoms with Gasteiger partial charge in [-0.15, -0.1) is 0 Å². The molecule has 0 aliphatic carbocycles. The zero-order chi connectivity index (χ0) is 21.0. The Morgan fingerprint density at radius 3 is 2.07 bits per heavy atom. The smallest absolute Gasteiger partial charge is 0.246 e. The number of sulfonamides is 1. The van der Waals surface area contributed by atoms with E-state index in [1.54, 1.807) is 23.1 Å². The van der Waals surface area contributed by atoms with Crippen LogP contribution in [0.25, 0.3) is 6.08 Å². The summed E-state index contributed by atoms with van der Waals surface area (Å²) in [5, 5.41) is 0.627. The van der Waals surface area contributed by atoms with Gasteiger partial charge in [0, 0.05) is 42.8 Å². The molecule has 0 unspecified atom stereocenters. The van der Waals surface area contributed by atoms with Gasteiger partial charge in [-0.25, -0.2) is 8.42 Å². The van der Waals surface area contributed by atoms with Crippen molar-refractivity contribution in [2.75, 3.05) is 26.2 Å². The first-order valence-electron chi connectivity index (χ1n) is 9.11. The highest BCUT2D eigenvalue weighted by Gasteiger charge is 2.29. The standard InChI is InChI=1S/C21H21ClN2O4S/c1-16(25)18-5-9-20(10-6-18)29(27,28)24-14-12-23(13-15-24)21(26)11-4-17-2-7-19(22)8-3-17/h2-11H,12-15H2,1H3. The number of carbonyl (C=O) groups excluding carboxylic acids is 2. The molecule has 1 aliphatic heterocycles. The van der Waals surface area contributed by atoms with Gasteiger partial charge in [-0.2, -0.15) is 4.31 Å². The quantitative estimate of drug-likeness (QED) is 0.537. The molecule has 6 nitrogen and oxygen atoms in total. The molecule has 0 aromatic heterocycles. The van der Waals surface area contributed by atoms with Crippen LogP contribution < -0.4 is 0 Å². The summed E-state index contributed by atoms with van der Waals surface area (Å²) in [5.41, 5.74) is 1.32. The number of piperazine rings is 1. The minimum absolute atomic E-state index is 0.118. The topological polar surface area (TPSA) is 74.8 Å². The van der Waals surface area contributed by atoms with E-state index in [0.29, 0.717) is 23.7 Å². The van der Waals surface area contributed by atoms with Crippen molar-refractivity contribution < 1.29 is 18.0 Å². The lowest BCUT2D eigenvalue weighted by Gasteiger charge is -2.33. The Labute approximate surface area is 175 Å². The SMILES string of the molecule is CC(=O)c1ccc(S(=O)(=O)N2CCN(C(=O)C=Cc3ccc(Cl)cc3)CC2)cc1. The lowest BCUT2D eigenvalue weighted by Crippen LogP contribution is -2.50. The molecule has 1 heterocycles. The van der Waals surface area contributed by atoms with Crippen LogP contribution in [-0.4, -0.2) is 55.5 Å². The maximum atomic E-state index is 12.8. The van der Waals surface area contributed by atoms with Crippen LogP contribution in [-0.2, 0) is 14.8 Å². The zero-order valence-electron chi connectivity index (χ0n) is 15.9. The Morgan fingerprint density at radius 2 is 1.52 bits per heavy atom. The first-order chi connectivity index (χ1) is 13.8. The number of halogens is 1. The predicted molar refractivity (Wildman–Crippen MR) is 112 cm³/mol. The second-order valence-electron chi connectivity index (χ2n) is 6.69. The molecule has 2 aromatic carbocycles. The van der Waals surface area contributed by atoms with Gasteiger partial charge in [0.2, 0.25) is 15.9 Å². The van der Waals surface area contributed by atoms with Crippen LogP contribution in [0.3, 0.4) is 0 Å². The van der Waals surface area contributed by atoms with Crippen LogP contribution in [0.1, 0.15) is 22.8 Å². The summed E-state index contributed by atoms with van der Waals surface area (Å²) in [4.78, 5) is 25.5. The summed E-state index contributed by atoms with van der Waals surface area (Å²) in [6.07, 6.45) is 3.19. The van der Waals surface area contributed by atoms with Gasteiger partial charge in [-0.1, -0.05) is 35.9 Å². The molecule has 0 saturated carbocycles. The van der Waals surface area contributed by atoms with Crippen molar-refractivity contribution in [3.05, 3.63) is 70.8 Å². The third-order valence-electron chi connectivity index (χ3n) is 4.74. The molecule has 1 amide bonds. The Morgan fingerprint density at radius 1 is 0.931 bits per heavy atom. The van der Waals surface area contributed by atoms with Crippen LogP contribution in [0, 0.1) is 0 Å². The first-order valence-corrected chi connectivity index (χ1v) is 10.9. The Kier molecular flexibility index (Phi) is 6.52. The molecule has 29 heavy (non-hydrogen) atoms. The number of Topliss-reactive ketones (excluding diaryl/α,β-unsaturated/α-hetero) is 1. The second-order valence-corrected chi connectivity index (χ2v) is 9.07. The van der Waals surface area contributed by atoms with E-state index in [4.69, 9.17) is 11.6 Å². The van der Waals surface area contributed by atoms with E-state index in [1.165, 1.54) is 41.6 Å². The number of rotatable bonds is 5. The van der Waals surface area contributed by atoms with Crippen molar-refractivity contribution in [3.63, 3.8) is 0 Å². The third-order valence-corrected chi connectivity index (χ3v) is 6.90. The fourth-order valence-electron chi connectivity index (χ4n) is 3.01. The Bertz CT molecular complexity index is 1020. The molecule has 0 radical (unpaired) electrons. The van der Waals surface area contributed by atoms with E-state index in [9.17, 15) is 18.0 Å². The van der Waals surface area contributed by atoms with E-state index in [1.807, 2.05) is 12.1 Å². The van der Waals surface area contributed by atoms with Gasteiger partial charge in [-0.3, -0.25) is 9.59 Å². The normalized spacial score (nSPS) is 15.6. The van der Waals surface area contributed by atoms with Crippen molar-refractivity contribution in [2.45, 2.75) is 11.8 Å². The van der Waals surface area contributed by atoms with Gasteiger partial charge in [0.05, 0.1) is 4.90 Å². The van der Waals surface area contributed by atoms with Crippen molar-refractivity contribution in [1.29, 1.82) is 0 Å². The number of amides is 1. The molecular formula is C21H21ClN2O4S. The first kappa shape index (κ1) is 21.2. The number of benzene rings is 2. The van der Waals surface area contributed by atoms with E-state index < -0.39 is 10.0 Å². The molecule has 3 rings (SSSR count). The van der Waals surface area contributed by atoms with Gasteiger partial charge in [0.1, 0.15) is 0 Å². The van der Waals surface area contributed by atoms with Gasteiger partial charge >= 0.3 is 0 Å².